The van der Waals surface area contributed by atoms with Crippen LogP contribution in [0.1, 0.15) is 0 Å². The molecule has 0 aliphatic carbocycles. The van der Waals surface area contributed by atoms with Crippen LogP contribution in [0.5, 0.6) is 0 Å². The molecule has 0 radical (unpaired) electrons. The Labute approximate surface area is 125 Å². The molecule has 1 atom stereocenters. The van der Waals surface area contributed by atoms with Crippen molar-refractivity contribution in [3.63, 3.8) is 0 Å². The maximum atomic E-state index is 12.8. The van der Waals surface area contributed by atoms with Gasteiger partial charge >= 0.3 is 6.18 Å². The Bertz CT molecular complexity index is 474. The summed E-state index contributed by atoms with van der Waals surface area (Å²) in [6, 6.07) is 1.72. The van der Waals surface area contributed by atoms with Crippen molar-refractivity contribution in [3.8, 4) is 0 Å². The molecule has 1 aliphatic heterocycles. The lowest BCUT2D eigenvalue weighted by molar-refractivity contribution is -0.159. The summed E-state index contributed by atoms with van der Waals surface area (Å²) in [5.41, 5.74) is 5.21. The second-order valence-electron chi connectivity index (χ2n) is 4.83. The number of nitrogens with zero attached hydrogens (tertiary/aromatic N) is 4. The molecule has 0 amide bonds. The average Bonchev–Trinajstić information content (AvgIpc) is 2.45. The first-order valence-corrected chi connectivity index (χ1v) is 6.89. The number of nitrogens with two attached hydrogens (primary N) is 1. The molecule has 1 aromatic heterocycles. The first-order chi connectivity index (χ1) is 9.88. The van der Waals surface area contributed by atoms with Gasteiger partial charge in [0.05, 0.1) is 4.99 Å². The van der Waals surface area contributed by atoms with Gasteiger partial charge in [0.2, 0.25) is 5.95 Å². The van der Waals surface area contributed by atoms with Crippen LogP contribution in [-0.4, -0.2) is 58.8 Å². The lowest BCUT2D eigenvalue weighted by atomic mass is 10.1. The van der Waals surface area contributed by atoms with Crippen LogP contribution >= 0.6 is 12.2 Å². The second-order valence-corrected chi connectivity index (χ2v) is 5.30. The monoisotopic (exact) mass is 319 g/mol. The fraction of sp³-hybridized carbons (Fsp3) is 0.583. The molecule has 116 valence electrons. The first-order valence-electron chi connectivity index (χ1n) is 6.48. The number of hydrogen-bond donors (Lipinski definition) is 1. The highest BCUT2D eigenvalue weighted by molar-refractivity contribution is 7.80. The summed E-state index contributed by atoms with van der Waals surface area (Å²) in [6.45, 7) is 1.95. The van der Waals surface area contributed by atoms with Crippen molar-refractivity contribution < 1.29 is 13.2 Å². The quantitative estimate of drug-likeness (QED) is 0.838. The molecule has 1 fully saturated rings. The Morgan fingerprint density at radius 2 is 1.81 bits per heavy atom. The molecule has 2 heterocycles. The van der Waals surface area contributed by atoms with Gasteiger partial charge in [-0.25, -0.2) is 9.97 Å². The molecule has 21 heavy (non-hydrogen) atoms. The molecular weight excluding hydrogens is 303 g/mol. The molecule has 1 unspecified atom stereocenters. The Hall–Kier alpha value is -1.48. The average molecular weight is 319 g/mol. The number of hydrogen-bond acceptors (Lipinski definition) is 5. The van der Waals surface area contributed by atoms with Gasteiger partial charge in [0.25, 0.3) is 0 Å². The van der Waals surface area contributed by atoms with E-state index in [1.165, 1.54) is 0 Å². The molecule has 0 aromatic carbocycles. The lowest BCUT2D eigenvalue weighted by Gasteiger charge is -2.36. The molecule has 2 rings (SSSR count). The molecule has 1 saturated heterocycles. The van der Waals surface area contributed by atoms with Gasteiger partial charge in [-0.05, 0) is 6.07 Å². The third-order valence-electron chi connectivity index (χ3n) is 3.39. The summed E-state index contributed by atoms with van der Waals surface area (Å²) in [6.07, 6.45) is -1.12. The zero-order valence-electron chi connectivity index (χ0n) is 11.3. The summed E-state index contributed by atoms with van der Waals surface area (Å²) in [7, 11) is 0. The van der Waals surface area contributed by atoms with Gasteiger partial charge in [0.15, 0.2) is 0 Å². The van der Waals surface area contributed by atoms with E-state index in [2.05, 4.69) is 22.2 Å². The molecule has 0 spiro atoms. The van der Waals surface area contributed by atoms with E-state index in [0.29, 0.717) is 32.1 Å². The van der Waals surface area contributed by atoms with Gasteiger partial charge in [-0.1, -0.05) is 12.2 Å². The molecule has 2 N–H and O–H groups in total. The number of alkyl halides is 3. The maximum Gasteiger partial charge on any atom is 0.399 e. The zero-order valence-corrected chi connectivity index (χ0v) is 12.1. The van der Waals surface area contributed by atoms with Crippen molar-refractivity contribution in [1.82, 2.24) is 14.9 Å². The largest absolute Gasteiger partial charge is 0.399 e. The Morgan fingerprint density at radius 1 is 1.24 bits per heavy atom. The van der Waals surface area contributed by atoms with Crippen LogP contribution < -0.4 is 10.6 Å². The maximum absolute atomic E-state index is 12.8. The predicted octanol–water partition coefficient (Wildman–Crippen LogP) is 1.06. The van der Waals surface area contributed by atoms with Crippen LogP contribution in [0.3, 0.4) is 0 Å². The van der Waals surface area contributed by atoms with Gasteiger partial charge in [-0.3, -0.25) is 4.90 Å². The SMILES string of the molecule is NC(=S)C(CN1CCN(c2ncccn2)CC1)C(F)(F)F. The highest BCUT2D eigenvalue weighted by Crippen LogP contribution is 2.27. The normalized spacial score (nSPS) is 18.5. The second kappa shape index (κ2) is 6.52. The molecule has 0 bridgehead atoms. The standard InChI is InChI=1S/C12H16F3N5S/c13-12(14,15)9(10(16)21)8-19-4-6-20(7-5-19)11-17-2-1-3-18-11/h1-3,9H,4-8H2,(H2,16,21). The fourth-order valence-electron chi connectivity index (χ4n) is 2.20. The highest BCUT2D eigenvalue weighted by atomic mass is 32.1. The predicted molar refractivity (Wildman–Crippen MR) is 77.0 cm³/mol. The Balaban J connectivity index is 1.91. The summed E-state index contributed by atoms with van der Waals surface area (Å²) in [5.74, 6) is -1.16. The zero-order chi connectivity index (χ0) is 15.5. The van der Waals surface area contributed by atoms with Gasteiger partial charge < -0.3 is 10.6 Å². The van der Waals surface area contributed by atoms with Crippen LogP contribution in [0.2, 0.25) is 0 Å². The first kappa shape index (κ1) is 15.9. The van der Waals surface area contributed by atoms with E-state index in [1.54, 1.807) is 23.4 Å². The van der Waals surface area contributed by atoms with Crippen molar-refractivity contribution in [2.45, 2.75) is 6.18 Å². The van der Waals surface area contributed by atoms with E-state index < -0.39 is 17.1 Å². The number of rotatable bonds is 4. The summed E-state index contributed by atoms with van der Waals surface area (Å²) in [4.78, 5) is 11.4. The van der Waals surface area contributed by atoms with Crippen LogP contribution in [0.4, 0.5) is 19.1 Å². The van der Waals surface area contributed by atoms with Crippen molar-refractivity contribution in [1.29, 1.82) is 0 Å². The van der Waals surface area contributed by atoms with Crippen molar-refractivity contribution in [2.24, 2.45) is 11.7 Å². The van der Waals surface area contributed by atoms with Gasteiger partial charge in [0.1, 0.15) is 5.92 Å². The Morgan fingerprint density at radius 3 is 2.29 bits per heavy atom. The van der Waals surface area contributed by atoms with Crippen LogP contribution in [-0.2, 0) is 0 Å². The number of anilines is 1. The molecular formula is C12H16F3N5S. The lowest BCUT2D eigenvalue weighted by Crippen LogP contribution is -2.51. The van der Waals surface area contributed by atoms with Crippen LogP contribution in [0.25, 0.3) is 0 Å². The van der Waals surface area contributed by atoms with E-state index in [9.17, 15) is 13.2 Å². The smallest absolute Gasteiger partial charge is 0.393 e. The Kier molecular flexibility index (Phi) is 4.94. The van der Waals surface area contributed by atoms with E-state index in [-0.39, 0.29) is 6.54 Å². The molecule has 5 nitrogen and oxygen atoms in total. The van der Waals surface area contributed by atoms with Crippen LogP contribution in [0, 0.1) is 5.92 Å². The van der Waals surface area contributed by atoms with Gasteiger partial charge in [0, 0.05) is 45.1 Å². The van der Waals surface area contributed by atoms with E-state index >= 15 is 0 Å². The minimum Gasteiger partial charge on any atom is -0.393 e. The molecule has 9 heteroatoms. The van der Waals surface area contributed by atoms with Crippen molar-refractivity contribution >= 4 is 23.2 Å². The highest BCUT2D eigenvalue weighted by Gasteiger charge is 2.42. The minimum atomic E-state index is -4.40. The number of halogens is 3. The minimum absolute atomic E-state index is 0.192. The molecule has 1 aliphatic rings. The molecule has 0 saturated carbocycles. The summed E-state index contributed by atoms with van der Waals surface area (Å²) >= 11 is 4.53. The molecule has 1 aromatic rings. The van der Waals surface area contributed by atoms with Crippen molar-refractivity contribution in [3.05, 3.63) is 18.5 Å². The number of aromatic nitrogens is 2. The van der Waals surface area contributed by atoms with Crippen LogP contribution in [0.15, 0.2) is 18.5 Å². The third-order valence-corrected chi connectivity index (χ3v) is 3.67. The summed E-state index contributed by atoms with van der Waals surface area (Å²) in [5, 5.41) is 0. The van der Waals surface area contributed by atoms with Crippen molar-refractivity contribution in [2.75, 3.05) is 37.6 Å². The summed E-state index contributed by atoms with van der Waals surface area (Å²) < 4.78 is 38.5. The number of thiocarbonyl (C=S) groups is 1. The topological polar surface area (TPSA) is 58.3 Å². The third kappa shape index (κ3) is 4.24. The van der Waals surface area contributed by atoms with E-state index in [1.807, 2.05) is 4.90 Å². The van der Waals surface area contributed by atoms with Gasteiger partial charge in [-0.15, -0.1) is 0 Å². The number of piperazine rings is 1. The van der Waals surface area contributed by atoms with E-state index in [0.717, 1.165) is 0 Å². The van der Waals surface area contributed by atoms with Gasteiger partial charge in [-0.2, -0.15) is 13.2 Å². The fourth-order valence-corrected chi connectivity index (χ4v) is 2.41. The van der Waals surface area contributed by atoms with E-state index in [4.69, 9.17) is 5.73 Å².